The summed E-state index contributed by atoms with van der Waals surface area (Å²) in [5, 5.41) is 0. The van der Waals surface area contributed by atoms with Crippen LogP contribution in [0.25, 0.3) is 0 Å². The van der Waals surface area contributed by atoms with Crippen LogP contribution in [0.4, 0.5) is 105 Å². The quantitative estimate of drug-likeness (QED) is 0.171. The molecule has 1 aliphatic carbocycles. The van der Waals surface area contributed by atoms with Gasteiger partial charge in [-0.3, -0.25) is 0 Å². The molecule has 0 aromatic carbocycles. The van der Waals surface area contributed by atoms with Gasteiger partial charge in [0.15, 0.2) is 0 Å². The molecule has 0 amide bonds. The van der Waals surface area contributed by atoms with E-state index in [1.165, 1.54) is 69.2 Å². The molecule has 0 bridgehead atoms. The summed E-state index contributed by atoms with van der Waals surface area (Å²) in [6.07, 6.45) is -29.6. The Morgan fingerprint density at radius 2 is 0.550 bits per heavy atom. The highest BCUT2D eigenvalue weighted by Gasteiger charge is 2.60. The molecular weight excluding hydrogens is 1610 g/mol. The lowest BCUT2D eigenvalue weighted by atomic mass is 9.55. The predicted molar refractivity (Wildman–Crippen MR) is 465 cm³/mol. The number of hydrogen-bond acceptors (Lipinski definition) is 0. The van der Waals surface area contributed by atoms with Crippen molar-refractivity contribution in [2.75, 3.05) is 0 Å². The monoisotopic (exact) mass is 1800 g/mol. The number of hydrogen-bond donors (Lipinski definition) is 0. The van der Waals surface area contributed by atoms with Crippen LogP contribution >= 0.6 is 0 Å². The number of halogens is 24. The van der Waals surface area contributed by atoms with Crippen molar-refractivity contribution in [3.05, 3.63) is 0 Å². The van der Waals surface area contributed by atoms with Crippen molar-refractivity contribution >= 4 is 0 Å². The second kappa shape index (κ2) is 50.5. The number of rotatable bonds is 12. The Bertz CT molecular complexity index is 2490. The van der Waals surface area contributed by atoms with Crippen LogP contribution in [-0.4, -0.2) is 49.4 Å². The highest BCUT2D eigenvalue weighted by molar-refractivity contribution is 4.98. The average Bonchev–Trinajstić information content (AvgIpc) is 0.750. The van der Waals surface area contributed by atoms with Crippen molar-refractivity contribution in [2.45, 2.75) is 455 Å². The minimum Gasteiger partial charge on any atom is -0.171 e. The summed E-state index contributed by atoms with van der Waals surface area (Å²) in [4.78, 5) is 0. The van der Waals surface area contributed by atoms with Gasteiger partial charge in [0.1, 0.15) is 0 Å². The Balaban J connectivity index is -0.000000139. The second-order valence-electron chi connectivity index (χ2n) is 47.0. The molecule has 0 nitrogen and oxygen atoms in total. The van der Waals surface area contributed by atoms with Gasteiger partial charge >= 0.3 is 49.4 Å². The SMILES string of the molecule is CC(C)(C)C(C)(C)C.CC(C)(C)C(C)(C)C(C)(C)C(F)(F)F.CC(C)(C)C(C)(C)C(F)(F)F.CC(C)C(C)(C)C(C)(C)C.CC(C)C(C)(C)C(C)C(F)(F)F.CC(C)[C@@H](C)C(C)(C)C.CC(C)[C@@H](C)C(C)C(F)(F)F.CC(C)[C@@H](C)C(C)C(F)(F)F.CCC(C)[C@@H](C)C(F)(F)F.C[C@@H]1CCCC(C(F)(F)F)C1.C[C@H](C(C)(C)C)C(C)(C)C(F)(F)F. The Hall–Kier alpha value is -1.68. The van der Waals surface area contributed by atoms with E-state index in [1.54, 1.807) is 83.1 Å². The molecular formula is C96H188F24. The minimum atomic E-state index is -4.16. The summed E-state index contributed by atoms with van der Waals surface area (Å²) in [5.74, 6) is -4.22. The van der Waals surface area contributed by atoms with Crippen LogP contribution in [0.1, 0.15) is 406 Å². The van der Waals surface area contributed by atoms with E-state index in [9.17, 15) is 105 Å². The highest BCUT2D eigenvalue weighted by Crippen LogP contribution is 2.59. The van der Waals surface area contributed by atoms with Crippen LogP contribution in [0, 0.1) is 165 Å². The third-order valence-electron chi connectivity index (χ3n) is 30.1. The molecule has 0 aromatic heterocycles. The molecule has 0 aliphatic heterocycles. The first kappa shape index (κ1) is 139. The molecule has 1 fully saturated rings. The first-order valence-electron chi connectivity index (χ1n) is 43.5. The molecule has 24 heteroatoms. The third kappa shape index (κ3) is 52.1. The van der Waals surface area contributed by atoms with E-state index in [4.69, 9.17) is 0 Å². The maximum absolute atomic E-state index is 12.9. The molecule has 1 rings (SSSR count). The van der Waals surface area contributed by atoms with Crippen molar-refractivity contribution in [3.8, 4) is 0 Å². The van der Waals surface area contributed by atoms with E-state index >= 15 is 0 Å². The second-order valence-corrected chi connectivity index (χ2v) is 47.0. The molecule has 0 heterocycles. The zero-order valence-corrected chi connectivity index (χ0v) is 86.3. The number of alkyl halides is 24. The fourth-order valence-electron chi connectivity index (χ4n) is 9.99. The van der Waals surface area contributed by atoms with E-state index in [1.807, 2.05) is 90.0 Å². The molecule has 0 N–H and O–H groups in total. The Labute approximate surface area is 722 Å². The Morgan fingerprint density at radius 1 is 0.267 bits per heavy atom. The molecule has 1 saturated carbocycles. The molecule has 11 atom stereocenters. The van der Waals surface area contributed by atoms with Crippen LogP contribution < -0.4 is 0 Å². The summed E-state index contributed by atoms with van der Waals surface area (Å²) in [6, 6.07) is 0. The van der Waals surface area contributed by atoms with Gasteiger partial charge in [0, 0.05) is 0 Å². The summed E-state index contributed by atoms with van der Waals surface area (Å²) in [6.45, 7) is 99.8. The van der Waals surface area contributed by atoms with E-state index in [0.717, 1.165) is 30.6 Å². The smallest absolute Gasteiger partial charge is 0.171 e. The maximum atomic E-state index is 12.9. The van der Waals surface area contributed by atoms with E-state index in [2.05, 4.69) is 132 Å². The van der Waals surface area contributed by atoms with Crippen LogP contribution in [0.2, 0.25) is 0 Å². The van der Waals surface area contributed by atoms with Crippen LogP contribution in [0.5, 0.6) is 0 Å². The third-order valence-corrected chi connectivity index (χ3v) is 30.1. The largest absolute Gasteiger partial charge is 0.394 e. The molecule has 1 aliphatic rings. The molecule has 0 aromatic rings. The fourth-order valence-corrected chi connectivity index (χ4v) is 9.99. The summed E-state index contributed by atoms with van der Waals surface area (Å²) in [5.41, 5.74) is -5.65. The Morgan fingerprint density at radius 3 is 0.625 bits per heavy atom. The Kier molecular flexibility index (Phi) is 58.4. The van der Waals surface area contributed by atoms with Crippen molar-refractivity contribution in [3.63, 3.8) is 0 Å². The van der Waals surface area contributed by atoms with E-state index in [-0.39, 0.29) is 52.3 Å². The molecule has 0 radical (unpaired) electrons. The molecule has 0 saturated heterocycles. The molecule has 740 valence electrons. The van der Waals surface area contributed by atoms with Crippen molar-refractivity contribution < 1.29 is 105 Å². The average molecular weight is 1800 g/mol. The van der Waals surface area contributed by atoms with Crippen molar-refractivity contribution in [1.29, 1.82) is 0 Å². The molecule has 5 unspecified atom stereocenters. The summed E-state index contributed by atoms with van der Waals surface area (Å²) >= 11 is 0. The minimum absolute atomic E-state index is 0.0362. The molecule has 0 spiro atoms. The lowest BCUT2D eigenvalue weighted by molar-refractivity contribution is -0.263. The fraction of sp³-hybridized carbons (Fsp3) is 1.00. The van der Waals surface area contributed by atoms with Crippen LogP contribution in [0.3, 0.4) is 0 Å². The normalized spacial score (nSPS) is 18.2. The van der Waals surface area contributed by atoms with E-state index in [0.29, 0.717) is 46.3 Å². The van der Waals surface area contributed by atoms with Gasteiger partial charge in [0.2, 0.25) is 0 Å². The highest BCUT2D eigenvalue weighted by atomic mass is 19.4. The zero-order chi connectivity index (χ0) is 101. The first-order chi connectivity index (χ1) is 51.0. The summed E-state index contributed by atoms with van der Waals surface area (Å²) in [7, 11) is 0. The molecule has 120 heavy (non-hydrogen) atoms. The van der Waals surface area contributed by atoms with Crippen LogP contribution in [-0.2, 0) is 0 Å². The lowest BCUT2D eigenvalue weighted by Crippen LogP contribution is -2.51. The standard InChI is InChI=1S/C11H21F3.C10H19F3.C10H22.C9H17F3.C9H20.C8H13F3.3C8H15F3.C8H18.C7H13F3/c1-8(2,3)9(4,5)10(6,7)11(12,13)14;1-7(8(2,3)4)9(5,6)10(11,12)13;1-8(2)10(6,7)9(3,4)5;1-6(2)8(4,5)7(3)9(10,11)12;1-7(2)8(3)9(4,5)6;1-6-3-2-4-7(5-6)8(9,10)11;1-6(2,3)7(4,5)8(9,10)11;2*1-5(2)6(3)7(4)8(9,10)11;1-7(2,3)8(4,5)6;1-4-5(2)6(3)7(8,9)10/h1-7H3;7H,1-6H3;8H,1-7H3;6-7H,1-5H3;7-8H,1-6H3;6-7H,2-5H2,1H3;1-5H3;2*5-7H,1-4H3;1-6H3;5-6H,4H2,1-3H3/t;7-;;;8-;6-,7?;;2*6-,7?;;5?,6-/m.1..11.11.1/s1. The van der Waals surface area contributed by atoms with Gasteiger partial charge in [0.25, 0.3) is 0 Å². The van der Waals surface area contributed by atoms with Gasteiger partial charge in [-0.1, -0.05) is 393 Å². The van der Waals surface area contributed by atoms with Crippen molar-refractivity contribution in [1.82, 2.24) is 0 Å². The lowest BCUT2D eigenvalue weighted by Gasteiger charge is -2.51. The predicted octanol–water partition coefficient (Wildman–Crippen LogP) is 40.1. The zero-order valence-electron chi connectivity index (χ0n) is 86.3. The van der Waals surface area contributed by atoms with Gasteiger partial charge in [-0.2, -0.15) is 105 Å². The van der Waals surface area contributed by atoms with Gasteiger partial charge in [-0.05, 0) is 132 Å². The van der Waals surface area contributed by atoms with Gasteiger partial charge in [-0.15, -0.1) is 0 Å². The maximum Gasteiger partial charge on any atom is 0.394 e. The topological polar surface area (TPSA) is 0 Å². The van der Waals surface area contributed by atoms with E-state index < -0.39 is 117 Å². The van der Waals surface area contributed by atoms with Gasteiger partial charge in [0.05, 0.1) is 45.8 Å². The summed E-state index contributed by atoms with van der Waals surface area (Å²) < 4.78 is 295. The van der Waals surface area contributed by atoms with Crippen molar-refractivity contribution in [2.24, 2.45) is 165 Å². The van der Waals surface area contributed by atoms with Gasteiger partial charge < -0.3 is 0 Å². The van der Waals surface area contributed by atoms with Gasteiger partial charge in [-0.25, -0.2) is 0 Å². The first-order valence-corrected chi connectivity index (χ1v) is 43.5. The van der Waals surface area contributed by atoms with Crippen LogP contribution in [0.15, 0.2) is 0 Å².